The third kappa shape index (κ3) is 2.43. The van der Waals surface area contributed by atoms with Crippen molar-refractivity contribution in [1.29, 1.82) is 0 Å². The first-order valence-corrected chi connectivity index (χ1v) is 6.47. The van der Waals surface area contributed by atoms with E-state index in [1.165, 1.54) is 21.1 Å². The molecule has 22 heavy (non-hydrogen) atoms. The second-order valence-electron chi connectivity index (χ2n) is 4.92. The summed E-state index contributed by atoms with van der Waals surface area (Å²) in [4.78, 5) is 35.5. The summed E-state index contributed by atoms with van der Waals surface area (Å²) in [6.45, 7) is 4.71. The van der Waals surface area contributed by atoms with Gasteiger partial charge in [0.05, 0.1) is 25.4 Å². The average molecular weight is 308 g/mol. The van der Waals surface area contributed by atoms with E-state index in [9.17, 15) is 14.4 Å². The predicted molar refractivity (Wildman–Crippen MR) is 73.6 cm³/mol. The number of fused-ring (bicyclic) bond motifs is 2. The van der Waals surface area contributed by atoms with Gasteiger partial charge >= 0.3 is 17.9 Å². The van der Waals surface area contributed by atoms with Crippen molar-refractivity contribution in [3.63, 3.8) is 0 Å². The van der Waals surface area contributed by atoms with Gasteiger partial charge in [0, 0.05) is 5.57 Å². The van der Waals surface area contributed by atoms with Crippen LogP contribution in [0.2, 0.25) is 0 Å². The van der Waals surface area contributed by atoms with Gasteiger partial charge < -0.3 is 18.9 Å². The lowest BCUT2D eigenvalue weighted by Crippen LogP contribution is -2.38. The van der Waals surface area contributed by atoms with E-state index in [1.54, 1.807) is 12.2 Å². The van der Waals surface area contributed by atoms with Crippen LogP contribution < -0.4 is 0 Å². The molecule has 118 valence electrons. The summed E-state index contributed by atoms with van der Waals surface area (Å²) in [5.41, 5.74) is -1.08. The minimum atomic E-state index is -1.34. The van der Waals surface area contributed by atoms with Crippen molar-refractivity contribution in [2.75, 3.05) is 20.8 Å². The molecule has 7 heteroatoms. The van der Waals surface area contributed by atoms with Crippen LogP contribution in [0.4, 0.5) is 0 Å². The van der Waals surface area contributed by atoms with Crippen LogP contribution in [-0.2, 0) is 33.3 Å². The number of rotatable bonds is 5. The normalized spacial score (nSPS) is 25.1. The third-order valence-corrected chi connectivity index (χ3v) is 3.42. The summed E-state index contributed by atoms with van der Waals surface area (Å²) in [7, 11) is 2.39. The molecule has 0 saturated carbocycles. The fourth-order valence-corrected chi connectivity index (χ4v) is 2.38. The molecule has 2 bridgehead atoms. The Kier molecular flexibility index (Phi) is 4.18. The van der Waals surface area contributed by atoms with Gasteiger partial charge in [0.2, 0.25) is 0 Å². The highest BCUT2D eigenvalue weighted by atomic mass is 16.6. The average Bonchev–Trinajstić information content (AvgIpc) is 3.07. The van der Waals surface area contributed by atoms with Crippen LogP contribution in [0, 0.1) is 0 Å². The van der Waals surface area contributed by atoms with E-state index in [4.69, 9.17) is 14.2 Å². The highest BCUT2D eigenvalue weighted by Gasteiger charge is 2.55. The van der Waals surface area contributed by atoms with Crippen molar-refractivity contribution < 1.29 is 33.3 Å². The Hall–Kier alpha value is -2.41. The van der Waals surface area contributed by atoms with Gasteiger partial charge in [-0.05, 0) is 13.0 Å². The molecule has 2 rings (SSSR count). The molecule has 2 aliphatic heterocycles. The highest BCUT2D eigenvalue weighted by molar-refractivity contribution is 6.05. The Bertz CT molecular complexity index is 613. The van der Waals surface area contributed by atoms with E-state index >= 15 is 0 Å². The fraction of sp³-hybridized carbons (Fsp3) is 0.400. The number of hydrogen-bond donors (Lipinski definition) is 0. The molecule has 0 fully saturated rings. The fourth-order valence-electron chi connectivity index (χ4n) is 2.38. The molecule has 0 amide bonds. The van der Waals surface area contributed by atoms with Crippen molar-refractivity contribution in [1.82, 2.24) is 0 Å². The molecule has 7 nitrogen and oxygen atoms in total. The second kappa shape index (κ2) is 5.76. The maximum Gasteiger partial charge on any atom is 0.337 e. The molecule has 2 atom stereocenters. The van der Waals surface area contributed by atoms with E-state index in [-0.39, 0.29) is 23.3 Å². The summed E-state index contributed by atoms with van der Waals surface area (Å²) in [5.74, 6) is -2.05. The molecule has 0 aliphatic carbocycles. The molecule has 0 spiro atoms. The molecule has 0 N–H and O–H groups in total. The van der Waals surface area contributed by atoms with Crippen molar-refractivity contribution in [3.8, 4) is 0 Å². The minimum absolute atomic E-state index is 0.0103. The lowest BCUT2D eigenvalue weighted by Gasteiger charge is -2.24. The summed E-state index contributed by atoms with van der Waals surface area (Å²) in [6, 6.07) is 0. The molecule has 0 radical (unpaired) electrons. The molecule has 0 aromatic rings. The standard InChI is InChI=1S/C15H16O7/c1-8(2)12(16)21-7-15-6-5-9(22-15)10(13(17)19-3)11(15)14(18)20-4/h5-6,9H,1,7H2,2-4H3. The van der Waals surface area contributed by atoms with E-state index in [2.05, 4.69) is 11.3 Å². The number of ether oxygens (including phenoxy) is 4. The van der Waals surface area contributed by atoms with Crippen LogP contribution in [0.5, 0.6) is 0 Å². The van der Waals surface area contributed by atoms with Crippen LogP contribution in [-0.4, -0.2) is 50.4 Å². The molecule has 2 heterocycles. The van der Waals surface area contributed by atoms with E-state index in [1.807, 2.05) is 0 Å². The Morgan fingerprint density at radius 3 is 2.45 bits per heavy atom. The Morgan fingerprint density at radius 1 is 1.27 bits per heavy atom. The van der Waals surface area contributed by atoms with Gasteiger partial charge in [-0.15, -0.1) is 0 Å². The van der Waals surface area contributed by atoms with Gasteiger partial charge in [-0.1, -0.05) is 12.7 Å². The minimum Gasteiger partial charge on any atom is -0.466 e. The van der Waals surface area contributed by atoms with Crippen LogP contribution >= 0.6 is 0 Å². The summed E-state index contributed by atoms with van der Waals surface area (Å²) in [6.07, 6.45) is 2.44. The number of carbonyl (C=O) groups is 3. The quantitative estimate of drug-likeness (QED) is 0.315. The first-order chi connectivity index (χ1) is 10.4. The van der Waals surface area contributed by atoms with Gasteiger partial charge in [0.15, 0.2) is 5.60 Å². The first kappa shape index (κ1) is 16.0. The zero-order chi connectivity index (χ0) is 16.5. The SMILES string of the molecule is C=C(C)C(=O)OCC12C=CC(O1)C(C(=O)OC)=C2C(=O)OC. The Morgan fingerprint density at radius 2 is 1.91 bits per heavy atom. The summed E-state index contributed by atoms with van der Waals surface area (Å²) >= 11 is 0. The largest absolute Gasteiger partial charge is 0.466 e. The Labute approximate surface area is 127 Å². The van der Waals surface area contributed by atoms with Gasteiger partial charge in [-0.3, -0.25) is 0 Å². The van der Waals surface area contributed by atoms with Crippen LogP contribution in [0.15, 0.2) is 35.5 Å². The van der Waals surface area contributed by atoms with Crippen LogP contribution in [0.1, 0.15) is 6.92 Å². The highest BCUT2D eigenvalue weighted by Crippen LogP contribution is 2.44. The molecular weight excluding hydrogens is 292 g/mol. The zero-order valence-electron chi connectivity index (χ0n) is 12.5. The summed E-state index contributed by atoms with van der Waals surface area (Å²) < 4.78 is 20.1. The number of hydrogen-bond acceptors (Lipinski definition) is 7. The second-order valence-corrected chi connectivity index (χ2v) is 4.92. The van der Waals surface area contributed by atoms with Crippen molar-refractivity contribution in [2.24, 2.45) is 0 Å². The summed E-state index contributed by atoms with van der Waals surface area (Å²) in [5, 5.41) is 0. The van der Waals surface area contributed by atoms with Gasteiger partial charge in [-0.25, -0.2) is 14.4 Å². The Balaban J connectivity index is 2.37. The number of methoxy groups -OCH3 is 2. The van der Waals surface area contributed by atoms with Gasteiger partial charge in [0.25, 0.3) is 0 Å². The van der Waals surface area contributed by atoms with E-state index in [0.717, 1.165) is 0 Å². The molecular formula is C15H16O7. The van der Waals surface area contributed by atoms with Crippen LogP contribution in [0.3, 0.4) is 0 Å². The van der Waals surface area contributed by atoms with Crippen molar-refractivity contribution in [2.45, 2.75) is 18.6 Å². The lowest BCUT2D eigenvalue weighted by molar-refractivity contribution is -0.147. The van der Waals surface area contributed by atoms with E-state index < -0.39 is 29.6 Å². The molecule has 2 unspecified atom stereocenters. The first-order valence-electron chi connectivity index (χ1n) is 6.47. The number of esters is 3. The third-order valence-electron chi connectivity index (χ3n) is 3.42. The van der Waals surface area contributed by atoms with E-state index in [0.29, 0.717) is 0 Å². The van der Waals surface area contributed by atoms with Crippen molar-refractivity contribution >= 4 is 17.9 Å². The van der Waals surface area contributed by atoms with Crippen molar-refractivity contribution in [3.05, 3.63) is 35.5 Å². The molecule has 0 aromatic carbocycles. The topological polar surface area (TPSA) is 88.1 Å². The number of carbonyl (C=O) groups excluding carboxylic acids is 3. The monoisotopic (exact) mass is 308 g/mol. The van der Waals surface area contributed by atoms with Gasteiger partial charge in [0.1, 0.15) is 12.7 Å². The smallest absolute Gasteiger partial charge is 0.337 e. The maximum absolute atomic E-state index is 12.1. The zero-order valence-corrected chi connectivity index (χ0v) is 12.5. The van der Waals surface area contributed by atoms with Gasteiger partial charge in [-0.2, -0.15) is 0 Å². The molecule has 2 aliphatic rings. The maximum atomic E-state index is 12.1. The lowest BCUT2D eigenvalue weighted by atomic mass is 9.87. The van der Waals surface area contributed by atoms with Crippen LogP contribution in [0.25, 0.3) is 0 Å². The predicted octanol–water partition coefficient (Wildman–Crippen LogP) is 0.456. The molecule has 0 saturated heterocycles. The molecule has 0 aromatic heterocycles.